The molecule has 1 fully saturated rings. The number of imidazole rings is 1. The van der Waals surface area contributed by atoms with Crippen molar-refractivity contribution in [3.63, 3.8) is 0 Å². The number of pyridine rings is 1. The molecule has 2 heterocycles. The van der Waals surface area contributed by atoms with Crippen molar-refractivity contribution >= 4 is 17.0 Å². The number of aromatic nitrogens is 3. The van der Waals surface area contributed by atoms with Gasteiger partial charge in [0.1, 0.15) is 5.52 Å². The molecule has 176 valence electrons. The second-order valence-corrected chi connectivity index (χ2v) is 9.61. The zero-order valence-electron chi connectivity index (χ0n) is 20.0. The molecule has 2 aromatic carbocycles. The van der Waals surface area contributed by atoms with E-state index in [1.165, 1.54) is 32.1 Å². The summed E-state index contributed by atoms with van der Waals surface area (Å²) in [4.78, 5) is 18.6. The minimum atomic E-state index is 0.00475. The fraction of sp³-hybridized carbons (Fsp3) is 0.379. The fourth-order valence-electron chi connectivity index (χ4n) is 5.26. The van der Waals surface area contributed by atoms with Gasteiger partial charge in [0.15, 0.2) is 0 Å². The minimum absolute atomic E-state index is 0.00475. The largest absolute Gasteiger partial charge is 0.353 e. The summed E-state index contributed by atoms with van der Waals surface area (Å²) in [6.07, 6.45) is 9.30. The van der Waals surface area contributed by atoms with Crippen molar-refractivity contribution in [2.24, 2.45) is 5.92 Å². The first-order valence-electron chi connectivity index (χ1n) is 12.7. The van der Waals surface area contributed by atoms with Gasteiger partial charge in [-0.25, -0.2) is 4.98 Å². The van der Waals surface area contributed by atoms with Gasteiger partial charge < -0.3 is 14.5 Å². The third kappa shape index (κ3) is 4.93. The minimum Gasteiger partial charge on any atom is -0.353 e. The number of nitrogens with zero attached hydrogens (tertiary/aromatic N) is 3. The molecule has 34 heavy (non-hydrogen) atoms. The smallest absolute Gasteiger partial charge is 0.277 e. The van der Waals surface area contributed by atoms with Crippen LogP contribution in [0.25, 0.3) is 11.0 Å². The third-order valence-electron chi connectivity index (χ3n) is 7.19. The predicted molar refractivity (Wildman–Crippen MR) is 139 cm³/mol. The Kier molecular flexibility index (Phi) is 6.79. The van der Waals surface area contributed by atoms with E-state index in [-0.39, 0.29) is 5.56 Å². The lowest BCUT2D eigenvalue weighted by atomic mass is 9.96. The standard InChI is InChI=1S/C29H34N4O/c1-2-22-11-9-10-16-25(19-22)30-29-31-26-17-18-32(20-23-12-5-3-6-13-23)28(34)27(26)33(29)21-24-14-7-4-8-15-24/h3-8,12-15,17-18,22,25H,2,9-11,16,19-21H2,1H3,(H,30,31). The summed E-state index contributed by atoms with van der Waals surface area (Å²) in [6, 6.07) is 22.9. The number of nitrogens with one attached hydrogen (secondary N) is 1. The van der Waals surface area contributed by atoms with Crippen molar-refractivity contribution < 1.29 is 0 Å². The second-order valence-electron chi connectivity index (χ2n) is 9.61. The number of anilines is 1. The molecule has 0 radical (unpaired) electrons. The maximum Gasteiger partial charge on any atom is 0.277 e. The van der Waals surface area contributed by atoms with E-state index in [9.17, 15) is 4.79 Å². The van der Waals surface area contributed by atoms with E-state index in [4.69, 9.17) is 4.98 Å². The molecule has 2 atom stereocenters. The number of benzene rings is 2. The van der Waals surface area contributed by atoms with E-state index >= 15 is 0 Å². The first-order chi connectivity index (χ1) is 16.7. The van der Waals surface area contributed by atoms with Gasteiger partial charge >= 0.3 is 0 Å². The average molecular weight is 455 g/mol. The van der Waals surface area contributed by atoms with E-state index in [1.54, 1.807) is 4.57 Å². The van der Waals surface area contributed by atoms with Crippen LogP contribution in [-0.4, -0.2) is 20.2 Å². The lowest BCUT2D eigenvalue weighted by molar-refractivity contribution is 0.430. The van der Waals surface area contributed by atoms with Crippen LogP contribution in [-0.2, 0) is 13.1 Å². The van der Waals surface area contributed by atoms with Crippen molar-refractivity contribution in [2.45, 2.75) is 64.6 Å². The van der Waals surface area contributed by atoms with Crippen molar-refractivity contribution in [1.82, 2.24) is 14.1 Å². The highest BCUT2D eigenvalue weighted by Gasteiger charge is 2.22. The summed E-state index contributed by atoms with van der Waals surface area (Å²) in [5, 5.41) is 3.76. The molecule has 0 saturated heterocycles. The van der Waals surface area contributed by atoms with Crippen LogP contribution >= 0.6 is 0 Å². The average Bonchev–Trinajstić information content (AvgIpc) is 3.04. The Balaban J connectivity index is 1.55. The summed E-state index contributed by atoms with van der Waals surface area (Å²) < 4.78 is 3.89. The molecule has 4 aromatic rings. The predicted octanol–water partition coefficient (Wildman–Crippen LogP) is 6.07. The van der Waals surface area contributed by atoms with Crippen LogP contribution in [0.1, 0.15) is 56.6 Å². The molecule has 2 aromatic heterocycles. The van der Waals surface area contributed by atoms with Crippen LogP contribution in [0.3, 0.4) is 0 Å². The van der Waals surface area contributed by atoms with E-state index < -0.39 is 0 Å². The summed E-state index contributed by atoms with van der Waals surface area (Å²) in [6.45, 7) is 3.47. The molecule has 5 rings (SSSR count). The molecule has 1 saturated carbocycles. The van der Waals surface area contributed by atoms with Crippen LogP contribution in [0.15, 0.2) is 77.7 Å². The summed E-state index contributed by atoms with van der Waals surface area (Å²) in [5.74, 6) is 1.57. The Labute approximate surface area is 201 Å². The normalized spacial score (nSPS) is 18.6. The molecule has 0 amide bonds. The van der Waals surface area contributed by atoms with Gasteiger partial charge in [0.25, 0.3) is 5.56 Å². The SMILES string of the molecule is CCC1CCCCC(Nc2nc3ccn(Cc4ccccc4)c(=O)c3n2Cc2ccccc2)C1. The third-order valence-corrected chi connectivity index (χ3v) is 7.19. The van der Waals surface area contributed by atoms with E-state index in [1.807, 2.05) is 48.7 Å². The molecule has 1 N–H and O–H groups in total. The van der Waals surface area contributed by atoms with Crippen LogP contribution in [0.4, 0.5) is 5.95 Å². The summed E-state index contributed by atoms with van der Waals surface area (Å²) in [5.41, 5.74) is 3.71. The Hall–Kier alpha value is -3.34. The monoisotopic (exact) mass is 454 g/mol. The van der Waals surface area contributed by atoms with E-state index in [0.717, 1.165) is 34.9 Å². The van der Waals surface area contributed by atoms with Gasteiger partial charge in [-0.2, -0.15) is 0 Å². The highest BCUT2D eigenvalue weighted by Crippen LogP contribution is 2.28. The van der Waals surface area contributed by atoms with Crippen LogP contribution < -0.4 is 10.9 Å². The zero-order chi connectivity index (χ0) is 23.3. The molecule has 0 bridgehead atoms. The van der Waals surface area contributed by atoms with E-state index in [2.05, 4.69) is 41.1 Å². The van der Waals surface area contributed by atoms with Crippen LogP contribution in [0.5, 0.6) is 0 Å². The topological polar surface area (TPSA) is 51.9 Å². The van der Waals surface area contributed by atoms with Gasteiger partial charge in [-0.05, 0) is 36.0 Å². The van der Waals surface area contributed by atoms with Gasteiger partial charge in [0.2, 0.25) is 5.95 Å². The Morgan fingerprint density at radius 1 is 0.912 bits per heavy atom. The number of hydrogen-bond acceptors (Lipinski definition) is 3. The quantitative estimate of drug-likeness (QED) is 0.345. The molecule has 1 aliphatic carbocycles. The van der Waals surface area contributed by atoms with Crippen molar-refractivity contribution in [3.05, 3.63) is 94.4 Å². The molecular weight excluding hydrogens is 420 g/mol. The van der Waals surface area contributed by atoms with Gasteiger partial charge in [0.05, 0.1) is 18.6 Å². The maximum atomic E-state index is 13.7. The number of rotatable bonds is 7. The fourth-order valence-corrected chi connectivity index (χ4v) is 5.26. The highest BCUT2D eigenvalue weighted by molar-refractivity contribution is 5.78. The van der Waals surface area contributed by atoms with Crippen molar-refractivity contribution in [1.29, 1.82) is 0 Å². The van der Waals surface area contributed by atoms with Gasteiger partial charge in [-0.15, -0.1) is 0 Å². The number of fused-ring (bicyclic) bond motifs is 1. The van der Waals surface area contributed by atoms with Crippen LogP contribution in [0, 0.1) is 5.92 Å². The highest BCUT2D eigenvalue weighted by atomic mass is 16.1. The number of hydrogen-bond donors (Lipinski definition) is 1. The van der Waals surface area contributed by atoms with Gasteiger partial charge in [-0.3, -0.25) is 4.79 Å². The molecule has 1 aliphatic rings. The van der Waals surface area contributed by atoms with Gasteiger partial charge in [0, 0.05) is 12.2 Å². The maximum absolute atomic E-state index is 13.7. The van der Waals surface area contributed by atoms with Crippen molar-refractivity contribution in [3.8, 4) is 0 Å². The summed E-state index contributed by atoms with van der Waals surface area (Å²) in [7, 11) is 0. The molecular formula is C29H34N4O. The molecule has 0 aliphatic heterocycles. The molecule has 5 nitrogen and oxygen atoms in total. The van der Waals surface area contributed by atoms with E-state index in [0.29, 0.717) is 24.6 Å². The first kappa shape index (κ1) is 22.5. The second kappa shape index (κ2) is 10.3. The van der Waals surface area contributed by atoms with Gasteiger partial charge in [-0.1, -0.05) is 93.3 Å². The van der Waals surface area contributed by atoms with Crippen molar-refractivity contribution in [2.75, 3.05) is 5.32 Å². The zero-order valence-corrected chi connectivity index (χ0v) is 20.0. The Morgan fingerprint density at radius 3 is 2.29 bits per heavy atom. The lowest BCUT2D eigenvalue weighted by Crippen LogP contribution is -2.25. The Morgan fingerprint density at radius 2 is 1.59 bits per heavy atom. The summed E-state index contributed by atoms with van der Waals surface area (Å²) >= 11 is 0. The Bertz CT molecular complexity index is 1280. The molecule has 5 heteroatoms. The first-order valence-corrected chi connectivity index (χ1v) is 12.7. The molecule has 2 unspecified atom stereocenters. The molecule has 0 spiro atoms. The van der Waals surface area contributed by atoms with Crippen LogP contribution in [0.2, 0.25) is 0 Å². The lowest BCUT2D eigenvalue weighted by Gasteiger charge is -2.21.